The molecule has 4 heteroatoms. The van der Waals surface area contributed by atoms with Gasteiger partial charge in [-0.2, -0.15) is 0 Å². The first-order valence-electron chi connectivity index (χ1n) is 8.27. The maximum absolute atomic E-state index is 12.7. The zero-order valence-electron chi connectivity index (χ0n) is 13.3. The van der Waals surface area contributed by atoms with Gasteiger partial charge in [0.15, 0.2) is 0 Å². The van der Waals surface area contributed by atoms with Crippen molar-refractivity contribution in [2.24, 2.45) is 0 Å². The van der Waals surface area contributed by atoms with Gasteiger partial charge in [-0.25, -0.2) is 0 Å². The molecule has 0 aromatic heterocycles. The van der Waals surface area contributed by atoms with Gasteiger partial charge >= 0.3 is 150 Å². The fourth-order valence-electron chi connectivity index (χ4n) is 2.47. The third-order valence-electron chi connectivity index (χ3n) is 3.71. The Morgan fingerprint density at radius 3 is 2.64 bits per heavy atom. The summed E-state index contributed by atoms with van der Waals surface area (Å²) in [6.07, 6.45) is 6.64. The second-order valence-electron chi connectivity index (χ2n) is 5.60. The summed E-state index contributed by atoms with van der Waals surface area (Å²) >= 11 is 4.42. The molecular formula is C18H26OS2Se. The van der Waals surface area contributed by atoms with Gasteiger partial charge in [-0.3, -0.25) is 0 Å². The van der Waals surface area contributed by atoms with Gasteiger partial charge in [-0.15, -0.1) is 0 Å². The van der Waals surface area contributed by atoms with Crippen LogP contribution in [0.4, 0.5) is 0 Å². The summed E-state index contributed by atoms with van der Waals surface area (Å²) in [6.45, 7) is 2.20. The molecule has 1 atom stereocenters. The number of benzene rings is 1. The van der Waals surface area contributed by atoms with E-state index in [0.717, 1.165) is 19.3 Å². The summed E-state index contributed by atoms with van der Waals surface area (Å²) in [7, 11) is 0. The monoisotopic (exact) mass is 402 g/mol. The number of thioether (sulfide) groups is 2. The molecule has 1 aliphatic heterocycles. The normalized spacial score (nSPS) is 17.3. The number of rotatable bonds is 9. The fourth-order valence-corrected chi connectivity index (χ4v) is 8.44. The predicted molar refractivity (Wildman–Crippen MR) is 103 cm³/mol. The van der Waals surface area contributed by atoms with E-state index in [1.54, 1.807) is 0 Å². The average Bonchev–Trinajstić information content (AvgIpc) is 2.56. The number of unbranched alkanes of at least 4 members (excludes halogenated alkanes) is 2. The van der Waals surface area contributed by atoms with Crippen molar-refractivity contribution < 1.29 is 4.79 Å². The maximum atomic E-state index is 12.7. The Balaban J connectivity index is 1.94. The number of hydrogen-bond donors (Lipinski definition) is 0. The number of Topliss-reactive ketones (excluding diaryl/α,β-unsaturated/α-hetero) is 1. The quantitative estimate of drug-likeness (QED) is 0.447. The molecule has 1 aromatic rings. The van der Waals surface area contributed by atoms with Crippen LogP contribution in [0.15, 0.2) is 30.3 Å². The molecule has 1 aliphatic rings. The summed E-state index contributed by atoms with van der Waals surface area (Å²) in [5, 5.41) is 0. The molecule has 0 radical (unpaired) electrons. The fraction of sp³-hybridized carbons (Fsp3) is 0.611. The van der Waals surface area contributed by atoms with E-state index >= 15 is 0 Å². The van der Waals surface area contributed by atoms with Crippen LogP contribution >= 0.6 is 23.5 Å². The molecule has 1 unspecified atom stereocenters. The van der Waals surface area contributed by atoms with Gasteiger partial charge in [0.05, 0.1) is 0 Å². The van der Waals surface area contributed by atoms with Crippen LogP contribution in [-0.4, -0.2) is 36.8 Å². The zero-order chi connectivity index (χ0) is 15.6. The molecule has 2 rings (SSSR count). The molecule has 0 aliphatic carbocycles. The third kappa shape index (κ3) is 6.70. The second kappa shape index (κ2) is 10.8. The number of hydrogen-bond acceptors (Lipinski definition) is 3. The SMILES string of the molecule is CCCCCC(=O)C(CC1SCCCS1)[Se]c1ccccc1. The van der Waals surface area contributed by atoms with Crippen LogP contribution in [0.1, 0.15) is 45.4 Å². The van der Waals surface area contributed by atoms with Crippen LogP contribution in [0.2, 0.25) is 4.82 Å². The van der Waals surface area contributed by atoms with Crippen molar-refractivity contribution in [3.8, 4) is 0 Å². The second-order valence-corrected chi connectivity index (χ2v) is 11.2. The molecule has 1 saturated heterocycles. The Morgan fingerprint density at radius 2 is 1.95 bits per heavy atom. The van der Waals surface area contributed by atoms with Gasteiger partial charge in [-0.1, -0.05) is 0 Å². The zero-order valence-corrected chi connectivity index (χ0v) is 16.7. The first kappa shape index (κ1) is 18.4. The van der Waals surface area contributed by atoms with Crippen LogP contribution in [-0.2, 0) is 4.79 Å². The molecule has 0 bridgehead atoms. The molecule has 0 saturated carbocycles. The summed E-state index contributed by atoms with van der Waals surface area (Å²) in [6, 6.07) is 10.6. The molecule has 1 heterocycles. The minimum absolute atomic E-state index is 0.273. The van der Waals surface area contributed by atoms with E-state index in [1.807, 2.05) is 0 Å². The molecule has 22 heavy (non-hydrogen) atoms. The van der Waals surface area contributed by atoms with Crippen LogP contribution in [0, 0.1) is 0 Å². The first-order valence-corrected chi connectivity index (χ1v) is 12.2. The van der Waals surface area contributed by atoms with E-state index in [-0.39, 0.29) is 19.8 Å². The van der Waals surface area contributed by atoms with Gasteiger partial charge in [0, 0.05) is 0 Å². The van der Waals surface area contributed by atoms with Crippen molar-refractivity contribution >= 4 is 48.7 Å². The summed E-state index contributed by atoms with van der Waals surface area (Å²) in [4.78, 5) is 13.0. The van der Waals surface area contributed by atoms with Crippen LogP contribution in [0.5, 0.6) is 0 Å². The Hall–Kier alpha value is 0.109. The summed E-state index contributed by atoms with van der Waals surface area (Å²) in [5.41, 5.74) is 0. The minimum atomic E-state index is 0.273. The van der Waals surface area contributed by atoms with E-state index in [9.17, 15) is 4.79 Å². The van der Waals surface area contributed by atoms with Gasteiger partial charge in [0.25, 0.3) is 0 Å². The molecule has 1 fully saturated rings. The van der Waals surface area contributed by atoms with Crippen LogP contribution < -0.4 is 4.46 Å². The van der Waals surface area contributed by atoms with Gasteiger partial charge in [-0.05, 0) is 0 Å². The third-order valence-corrected chi connectivity index (χ3v) is 9.40. The Labute approximate surface area is 149 Å². The van der Waals surface area contributed by atoms with Crippen LogP contribution in [0.25, 0.3) is 0 Å². The van der Waals surface area contributed by atoms with E-state index in [0.29, 0.717) is 10.4 Å². The van der Waals surface area contributed by atoms with Crippen molar-refractivity contribution in [1.29, 1.82) is 0 Å². The predicted octanol–water partition coefficient (Wildman–Crippen LogP) is 4.54. The Morgan fingerprint density at radius 1 is 1.23 bits per heavy atom. The van der Waals surface area contributed by atoms with Gasteiger partial charge in [0.1, 0.15) is 0 Å². The van der Waals surface area contributed by atoms with Gasteiger partial charge in [0.2, 0.25) is 0 Å². The van der Waals surface area contributed by atoms with Gasteiger partial charge < -0.3 is 0 Å². The Bertz CT molecular complexity index is 432. The molecule has 1 aromatic carbocycles. The molecule has 122 valence electrons. The van der Waals surface area contributed by atoms with E-state index in [4.69, 9.17) is 0 Å². The van der Waals surface area contributed by atoms with E-state index < -0.39 is 0 Å². The molecular weight excluding hydrogens is 375 g/mol. The topological polar surface area (TPSA) is 17.1 Å². The standard InChI is InChI=1S/C18H26OS2Se/c1-2-3-5-11-16(19)17(14-18-20-12-8-13-21-18)22-15-9-6-4-7-10-15/h4,6-7,9-10,17-18H,2-3,5,8,11-14H2,1H3. The summed E-state index contributed by atoms with van der Waals surface area (Å²) < 4.78 is 2.01. The van der Waals surface area contributed by atoms with Crippen molar-refractivity contribution in [3.05, 3.63) is 30.3 Å². The summed E-state index contributed by atoms with van der Waals surface area (Å²) in [5.74, 6) is 3.06. The molecule has 0 N–H and O–H groups in total. The number of carbonyl (C=O) groups excluding carboxylic acids is 1. The van der Waals surface area contributed by atoms with Crippen molar-refractivity contribution in [1.82, 2.24) is 0 Å². The Kier molecular flexibility index (Phi) is 9.06. The average molecular weight is 401 g/mol. The van der Waals surface area contributed by atoms with Crippen molar-refractivity contribution in [2.45, 2.75) is 54.8 Å². The van der Waals surface area contributed by atoms with E-state index in [1.165, 1.54) is 35.2 Å². The molecule has 0 amide bonds. The molecule has 0 spiro atoms. The van der Waals surface area contributed by atoms with Crippen molar-refractivity contribution in [2.75, 3.05) is 11.5 Å². The number of ketones is 1. The molecule has 1 nitrogen and oxygen atoms in total. The first-order chi connectivity index (χ1) is 10.8. The van der Waals surface area contributed by atoms with E-state index in [2.05, 4.69) is 60.8 Å². The van der Waals surface area contributed by atoms with Crippen molar-refractivity contribution in [3.63, 3.8) is 0 Å². The van der Waals surface area contributed by atoms with Crippen LogP contribution in [0.3, 0.4) is 0 Å². The number of carbonyl (C=O) groups is 1.